The average Bonchev–Trinajstić information content (AvgIpc) is 2.96. The number of nitrogens with one attached hydrogen (secondary N) is 1. The molecule has 0 radical (unpaired) electrons. The molecule has 2 aromatic rings. The lowest BCUT2D eigenvalue weighted by molar-refractivity contribution is -0.116. The largest absolute Gasteiger partial charge is 0.351 e. The molecule has 2 aromatic heterocycles. The van der Waals surface area contributed by atoms with E-state index in [4.69, 9.17) is 11.6 Å². The average molecular weight is 297 g/mol. The van der Waals surface area contributed by atoms with Gasteiger partial charge in [-0.2, -0.15) is 0 Å². The number of nitrogens with zero attached hydrogens (tertiary/aromatic N) is 3. The van der Waals surface area contributed by atoms with Gasteiger partial charge in [0.25, 0.3) is 0 Å². The fourth-order valence-corrected chi connectivity index (χ4v) is 2.43. The summed E-state index contributed by atoms with van der Waals surface area (Å²) in [6, 6.07) is 3.68. The van der Waals surface area contributed by atoms with Gasteiger partial charge in [0.15, 0.2) is 0 Å². The van der Waals surface area contributed by atoms with Crippen LogP contribution in [0.3, 0.4) is 0 Å². The summed E-state index contributed by atoms with van der Waals surface area (Å²) in [5, 5.41) is 10.4. The smallest absolute Gasteiger partial charge is 0.244 e. The van der Waals surface area contributed by atoms with Crippen LogP contribution in [0, 0.1) is 6.92 Å². The van der Waals surface area contributed by atoms with Crippen molar-refractivity contribution in [3.8, 4) is 0 Å². The Labute approximate surface area is 119 Å². The fourth-order valence-electron chi connectivity index (χ4n) is 1.47. The van der Waals surface area contributed by atoms with Crippen LogP contribution in [-0.4, -0.2) is 27.2 Å². The van der Waals surface area contributed by atoms with E-state index in [0.29, 0.717) is 17.4 Å². The van der Waals surface area contributed by atoms with Crippen LogP contribution in [0.5, 0.6) is 0 Å². The van der Waals surface area contributed by atoms with E-state index in [1.165, 1.54) is 17.4 Å². The molecular formula is C12H13ClN4OS. The molecular weight excluding hydrogens is 284 g/mol. The highest BCUT2D eigenvalue weighted by molar-refractivity contribution is 7.17. The molecule has 0 aromatic carbocycles. The summed E-state index contributed by atoms with van der Waals surface area (Å²) in [6.07, 6.45) is 4.89. The molecule has 0 saturated carbocycles. The minimum atomic E-state index is -0.129. The summed E-state index contributed by atoms with van der Waals surface area (Å²) in [5.41, 5.74) is 0. The number of amides is 1. The van der Waals surface area contributed by atoms with E-state index in [2.05, 4.69) is 15.5 Å². The number of aryl methyl sites for hydroxylation is 1. The fraction of sp³-hybridized carbons (Fsp3) is 0.250. The molecule has 100 valence electrons. The molecule has 0 saturated heterocycles. The first-order valence-electron chi connectivity index (χ1n) is 5.71. The predicted molar refractivity (Wildman–Crippen MR) is 76.1 cm³/mol. The second-order valence-corrected chi connectivity index (χ2v) is 5.58. The van der Waals surface area contributed by atoms with Crippen LogP contribution in [0.2, 0.25) is 4.34 Å². The lowest BCUT2D eigenvalue weighted by Crippen LogP contribution is -2.25. The molecule has 2 rings (SSSR count). The van der Waals surface area contributed by atoms with Crippen molar-refractivity contribution in [3.05, 3.63) is 39.6 Å². The maximum atomic E-state index is 11.6. The van der Waals surface area contributed by atoms with Crippen LogP contribution in [0.25, 0.3) is 6.08 Å². The zero-order valence-electron chi connectivity index (χ0n) is 10.3. The third kappa shape index (κ3) is 4.18. The van der Waals surface area contributed by atoms with E-state index in [9.17, 15) is 4.79 Å². The SMILES string of the molecule is Cc1nncn1CCNC(=O)/C=C/c1ccc(Cl)s1. The number of carbonyl (C=O) groups excluding carboxylic acids is 1. The van der Waals surface area contributed by atoms with Gasteiger partial charge in [-0.1, -0.05) is 11.6 Å². The molecule has 7 heteroatoms. The van der Waals surface area contributed by atoms with Gasteiger partial charge in [-0.15, -0.1) is 21.5 Å². The van der Waals surface area contributed by atoms with Crippen LogP contribution >= 0.6 is 22.9 Å². The van der Waals surface area contributed by atoms with Gasteiger partial charge in [0.05, 0.1) is 4.34 Å². The summed E-state index contributed by atoms with van der Waals surface area (Å²) in [6.45, 7) is 3.06. The molecule has 0 atom stereocenters. The Kier molecular flexibility index (Phi) is 4.70. The molecule has 2 heterocycles. The van der Waals surface area contributed by atoms with Crippen LogP contribution in [-0.2, 0) is 11.3 Å². The molecule has 0 bridgehead atoms. The standard InChI is InChI=1S/C12H13ClN4OS/c1-9-16-15-8-17(9)7-6-14-12(18)5-3-10-2-4-11(13)19-10/h2-5,8H,6-7H2,1H3,(H,14,18)/b5-3+. The quantitative estimate of drug-likeness (QED) is 0.860. The Morgan fingerprint density at radius 2 is 2.42 bits per heavy atom. The second kappa shape index (κ2) is 6.49. The molecule has 5 nitrogen and oxygen atoms in total. The summed E-state index contributed by atoms with van der Waals surface area (Å²) in [7, 11) is 0. The number of aromatic nitrogens is 3. The summed E-state index contributed by atoms with van der Waals surface area (Å²) in [4.78, 5) is 12.5. The van der Waals surface area contributed by atoms with Crippen LogP contribution in [0.15, 0.2) is 24.5 Å². The third-order valence-electron chi connectivity index (χ3n) is 2.45. The maximum absolute atomic E-state index is 11.6. The Morgan fingerprint density at radius 1 is 1.58 bits per heavy atom. The van der Waals surface area contributed by atoms with Crippen molar-refractivity contribution in [1.82, 2.24) is 20.1 Å². The first kappa shape index (κ1) is 13.8. The molecule has 1 N–H and O–H groups in total. The predicted octanol–water partition coefficient (Wildman–Crippen LogP) is 2.13. The summed E-state index contributed by atoms with van der Waals surface area (Å²) in [5.74, 6) is 0.702. The lowest BCUT2D eigenvalue weighted by Gasteiger charge is -2.04. The highest BCUT2D eigenvalue weighted by Crippen LogP contribution is 2.22. The number of hydrogen-bond donors (Lipinski definition) is 1. The molecule has 0 spiro atoms. The third-order valence-corrected chi connectivity index (χ3v) is 3.65. The van der Waals surface area contributed by atoms with Crippen molar-refractivity contribution >= 4 is 34.9 Å². The normalized spacial score (nSPS) is 11.1. The van der Waals surface area contributed by atoms with Gasteiger partial charge in [0.1, 0.15) is 12.2 Å². The van der Waals surface area contributed by atoms with Gasteiger partial charge < -0.3 is 9.88 Å². The highest BCUT2D eigenvalue weighted by atomic mass is 35.5. The zero-order valence-corrected chi connectivity index (χ0v) is 11.9. The lowest BCUT2D eigenvalue weighted by atomic mass is 10.4. The van der Waals surface area contributed by atoms with E-state index in [1.807, 2.05) is 17.6 Å². The second-order valence-electron chi connectivity index (χ2n) is 3.84. The Balaban J connectivity index is 1.76. The van der Waals surface area contributed by atoms with Gasteiger partial charge in [0, 0.05) is 24.0 Å². The van der Waals surface area contributed by atoms with E-state index in [0.717, 1.165) is 10.7 Å². The molecule has 0 aliphatic rings. The number of halogens is 1. The van der Waals surface area contributed by atoms with Crippen molar-refractivity contribution in [2.24, 2.45) is 0 Å². The number of carbonyl (C=O) groups is 1. The van der Waals surface area contributed by atoms with Crippen LogP contribution in [0.1, 0.15) is 10.7 Å². The Bertz CT molecular complexity index is 590. The number of hydrogen-bond acceptors (Lipinski definition) is 4. The molecule has 0 fully saturated rings. The zero-order chi connectivity index (χ0) is 13.7. The molecule has 0 unspecified atom stereocenters. The van der Waals surface area contributed by atoms with Gasteiger partial charge in [0.2, 0.25) is 5.91 Å². The van der Waals surface area contributed by atoms with E-state index < -0.39 is 0 Å². The van der Waals surface area contributed by atoms with Crippen LogP contribution < -0.4 is 5.32 Å². The highest BCUT2D eigenvalue weighted by Gasteiger charge is 1.99. The van der Waals surface area contributed by atoms with Crippen molar-refractivity contribution < 1.29 is 4.79 Å². The first-order valence-corrected chi connectivity index (χ1v) is 6.90. The molecule has 1 amide bonds. The molecule has 0 aliphatic heterocycles. The molecule has 0 aliphatic carbocycles. The van der Waals surface area contributed by atoms with Crippen molar-refractivity contribution in [2.75, 3.05) is 6.54 Å². The minimum absolute atomic E-state index is 0.129. The first-order chi connectivity index (χ1) is 9.15. The van der Waals surface area contributed by atoms with Crippen LogP contribution in [0.4, 0.5) is 0 Å². The van der Waals surface area contributed by atoms with E-state index >= 15 is 0 Å². The van der Waals surface area contributed by atoms with E-state index in [1.54, 1.807) is 18.5 Å². The van der Waals surface area contributed by atoms with Gasteiger partial charge in [-0.05, 0) is 25.1 Å². The molecule has 19 heavy (non-hydrogen) atoms. The van der Waals surface area contributed by atoms with E-state index in [-0.39, 0.29) is 5.91 Å². The Morgan fingerprint density at radius 3 is 3.05 bits per heavy atom. The van der Waals surface area contributed by atoms with Gasteiger partial charge in [-0.3, -0.25) is 4.79 Å². The maximum Gasteiger partial charge on any atom is 0.244 e. The number of rotatable bonds is 5. The van der Waals surface area contributed by atoms with Crippen molar-refractivity contribution in [2.45, 2.75) is 13.5 Å². The summed E-state index contributed by atoms with van der Waals surface area (Å²) >= 11 is 7.23. The monoisotopic (exact) mass is 296 g/mol. The van der Waals surface area contributed by atoms with Crippen molar-refractivity contribution in [3.63, 3.8) is 0 Å². The van der Waals surface area contributed by atoms with Gasteiger partial charge in [-0.25, -0.2) is 0 Å². The summed E-state index contributed by atoms with van der Waals surface area (Å²) < 4.78 is 2.59. The Hall–Kier alpha value is -1.66. The topological polar surface area (TPSA) is 59.8 Å². The van der Waals surface area contributed by atoms with Gasteiger partial charge >= 0.3 is 0 Å². The van der Waals surface area contributed by atoms with Crippen molar-refractivity contribution in [1.29, 1.82) is 0 Å². The minimum Gasteiger partial charge on any atom is -0.351 e. The number of thiophene rings is 1.